The second-order valence-electron chi connectivity index (χ2n) is 5.46. The Morgan fingerprint density at radius 3 is 2.86 bits per heavy atom. The van der Waals surface area contributed by atoms with Crippen molar-refractivity contribution in [3.05, 3.63) is 65.8 Å². The molecule has 1 aliphatic heterocycles. The molecule has 1 aliphatic rings. The van der Waals surface area contributed by atoms with Gasteiger partial charge < -0.3 is 4.90 Å². The van der Waals surface area contributed by atoms with Gasteiger partial charge in [0.2, 0.25) is 5.91 Å². The summed E-state index contributed by atoms with van der Waals surface area (Å²) in [4.78, 5) is 23.0. The van der Waals surface area contributed by atoms with Gasteiger partial charge in [-0.05, 0) is 37.5 Å². The molecule has 1 aromatic carbocycles. The van der Waals surface area contributed by atoms with Crippen molar-refractivity contribution < 1.29 is 4.79 Å². The number of aryl methyl sites for hydroxylation is 1. The second kappa shape index (κ2) is 6.52. The minimum Gasteiger partial charge on any atom is -0.331 e. The van der Waals surface area contributed by atoms with Crippen LogP contribution in [0, 0.1) is 6.92 Å². The fourth-order valence-corrected chi connectivity index (χ4v) is 2.83. The topological polar surface area (TPSA) is 46.1 Å². The molecule has 1 amide bonds. The van der Waals surface area contributed by atoms with Crippen LogP contribution >= 0.6 is 0 Å². The number of nitrogens with zero attached hydrogens (tertiary/aromatic N) is 3. The van der Waals surface area contributed by atoms with Crippen molar-refractivity contribution in [2.24, 2.45) is 0 Å². The first-order valence-electron chi connectivity index (χ1n) is 7.57. The number of likely N-dealkylation sites (tertiary alicyclic amines) is 1. The fourth-order valence-electron chi connectivity index (χ4n) is 2.83. The Balaban J connectivity index is 1.75. The van der Waals surface area contributed by atoms with Crippen molar-refractivity contribution in [3.8, 4) is 0 Å². The number of rotatable bonds is 3. The van der Waals surface area contributed by atoms with E-state index in [4.69, 9.17) is 0 Å². The highest BCUT2D eigenvalue weighted by Gasteiger charge is 2.29. The molecule has 0 unspecified atom stereocenters. The van der Waals surface area contributed by atoms with Crippen molar-refractivity contribution in [3.63, 3.8) is 0 Å². The number of benzene rings is 1. The van der Waals surface area contributed by atoms with Gasteiger partial charge in [0.15, 0.2) is 0 Å². The molecule has 1 fully saturated rings. The van der Waals surface area contributed by atoms with E-state index in [1.165, 1.54) is 0 Å². The van der Waals surface area contributed by atoms with Crippen LogP contribution in [0.15, 0.2) is 48.7 Å². The van der Waals surface area contributed by atoms with E-state index in [9.17, 15) is 4.79 Å². The third kappa shape index (κ3) is 3.22. The zero-order valence-corrected chi connectivity index (χ0v) is 12.6. The standard InChI is InChI=1S/C18H19N3O/c1-14-19-12-11-16(20-14)17-8-5-13-21(17)18(22)10-9-15-6-3-2-4-7-15/h2-4,6-7,9-12,17H,5,8,13H2,1H3/b10-9+/t17-/m1/s1. The number of amides is 1. The van der Waals surface area contributed by atoms with E-state index in [-0.39, 0.29) is 11.9 Å². The van der Waals surface area contributed by atoms with Crippen LogP contribution in [0.25, 0.3) is 6.08 Å². The SMILES string of the molecule is Cc1nccc([C@H]2CCCN2C(=O)/C=C/c2ccccc2)n1. The first-order chi connectivity index (χ1) is 10.7. The highest BCUT2D eigenvalue weighted by Crippen LogP contribution is 2.30. The molecule has 1 saturated heterocycles. The Morgan fingerprint density at radius 2 is 2.09 bits per heavy atom. The largest absolute Gasteiger partial charge is 0.331 e. The molecule has 2 aromatic rings. The van der Waals surface area contributed by atoms with Crippen molar-refractivity contribution >= 4 is 12.0 Å². The highest BCUT2D eigenvalue weighted by atomic mass is 16.2. The first kappa shape index (κ1) is 14.4. The third-order valence-corrected chi connectivity index (χ3v) is 3.89. The number of hydrogen-bond donors (Lipinski definition) is 0. The molecule has 1 atom stereocenters. The molecule has 1 aromatic heterocycles. The van der Waals surface area contributed by atoms with E-state index in [0.717, 1.165) is 36.5 Å². The quantitative estimate of drug-likeness (QED) is 0.817. The van der Waals surface area contributed by atoms with Crippen LogP contribution in [0.1, 0.15) is 36.0 Å². The van der Waals surface area contributed by atoms with E-state index >= 15 is 0 Å². The lowest BCUT2D eigenvalue weighted by Gasteiger charge is -2.23. The Labute approximate surface area is 130 Å². The lowest BCUT2D eigenvalue weighted by atomic mass is 10.1. The Morgan fingerprint density at radius 1 is 1.27 bits per heavy atom. The van der Waals surface area contributed by atoms with Crippen LogP contribution in [-0.4, -0.2) is 27.3 Å². The molecular formula is C18H19N3O. The van der Waals surface area contributed by atoms with Crippen molar-refractivity contribution in [2.45, 2.75) is 25.8 Å². The van der Waals surface area contributed by atoms with Crippen LogP contribution in [-0.2, 0) is 4.79 Å². The maximum atomic E-state index is 12.5. The van der Waals surface area contributed by atoms with Gasteiger partial charge in [0.25, 0.3) is 0 Å². The van der Waals surface area contributed by atoms with E-state index in [0.29, 0.717) is 0 Å². The number of carbonyl (C=O) groups excluding carboxylic acids is 1. The van der Waals surface area contributed by atoms with Gasteiger partial charge in [0.05, 0.1) is 11.7 Å². The summed E-state index contributed by atoms with van der Waals surface area (Å²) in [6.07, 6.45) is 7.25. The molecule has 4 heteroatoms. The van der Waals surface area contributed by atoms with Gasteiger partial charge in [-0.3, -0.25) is 4.79 Å². The summed E-state index contributed by atoms with van der Waals surface area (Å²) < 4.78 is 0. The predicted molar refractivity (Wildman–Crippen MR) is 85.9 cm³/mol. The lowest BCUT2D eigenvalue weighted by Crippen LogP contribution is -2.29. The van der Waals surface area contributed by atoms with Gasteiger partial charge in [0, 0.05) is 18.8 Å². The van der Waals surface area contributed by atoms with Gasteiger partial charge in [-0.25, -0.2) is 9.97 Å². The van der Waals surface area contributed by atoms with E-state index < -0.39 is 0 Å². The van der Waals surface area contributed by atoms with Gasteiger partial charge in [0.1, 0.15) is 5.82 Å². The van der Waals surface area contributed by atoms with Crippen molar-refractivity contribution in [1.29, 1.82) is 0 Å². The molecule has 0 spiro atoms. The van der Waals surface area contributed by atoms with Crippen molar-refractivity contribution in [1.82, 2.24) is 14.9 Å². The summed E-state index contributed by atoms with van der Waals surface area (Å²) in [5.41, 5.74) is 1.97. The fraction of sp³-hybridized carbons (Fsp3) is 0.278. The van der Waals surface area contributed by atoms with Gasteiger partial charge >= 0.3 is 0 Å². The molecule has 0 bridgehead atoms. The monoisotopic (exact) mass is 293 g/mol. The van der Waals surface area contributed by atoms with E-state index in [2.05, 4.69) is 9.97 Å². The maximum absolute atomic E-state index is 12.5. The molecule has 0 saturated carbocycles. The summed E-state index contributed by atoms with van der Waals surface area (Å²) >= 11 is 0. The van der Waals surface area contributed by atoms with Crippen LogP contribution < -0.4 is 0 Å². The Bertz CT molecular complexity index is 682. The molecule has 0 radical (unpaired) electrons. The molecule has 2 heterocycles. The van der Waals surface area contributed by atoms with Gasteiger partial charge in [-0.15, -0.1) is 0 Å². The molecule has 3 rings (SSSR count). The van der Waals surface area contributed by atoms with Gasteiger partial charge in [-0.1, -0.05) is 30.3 Å². The summed E-state index contributed by atoms with van der Waals surface area (Å²) in [6.45, 7) is 2.66. The van der Waals surface area contributed by atoms with Gasteiger partial charge in [-0.2, -0.15) is 0 Å². The smallest absolute Gasteiger partial charge is 0.247 e. The molecule has 0 aliphatic carbocycles. The highest BCUT2D eigenvalue weighted by molar-refractivity contribution is 5.92. The summed E-state index contributed by atoms with van der Waals surface area (Å²) in [5.74, 6) is 0.791. The molecule has 0 N–H and O–H groups in total. The minimum absolute atomic E-state index is 0.0441. The molecule has 112 valence electrons. The average molecular weight is 293 g/mol. The third-order valence-electron chi connectivity index (χ3n) is 3.89. The van der Waals surface area contributed by atoms with Crippen LogP contribution in [0.5, 0.6) is 0 Å². The van der Waals surface area contributed by atoms with Crippen LogP contribution in [0.2, 0.25) is 0 Å². The normalized spacial score (nSPS) is 18.0. The maximum Gasteiger partial charge on any atom is 0.247 e. The zero-order chi connectivity index (χ0) is 15.4. The van der Waals surface area contributed by atoms with Crippen LogP contribution in [0.4, 0.5) is 0 Å². The van der Waals surface area contributed by atoms with Crippen LogP contribution in [0.3, 0.4) is 0 Å². The predicted octanol–water partition coefficient (Wildman–Crippen LogP) is 3.16. The summed E-state index contributed by atoms with van der Waals surface area (Å²) in [6, 6.07) is 11.8. The first-order valence-corrected chi connectivity index (χ1v) is 7.57. The number of hydrogen-bond acceptors (Lipinski definition) is 3. The molecule has 22 heavy (non-hydrogen) atoms. The average Bonchev–Trinajstić information content (AvgIpc) is 3.03. The Kier molecular flexibility index (Phi) is 4.28. The van der Waals surface area contributed by atoms with E-state index in [1.807, 2.05) is 54.3 Å². The summed E-state index contributed by atoms with van der Waals surface area (Å²) in [7, 11) is 0. The number of aromatic nitrogens is 2. The van der Waals surface area contributed by atoms with E-state index in [1.54, 1.807) is 12.3 Å². The zero-order valence-electron chi connectivity index (χ0n) is 12.6. The minimum atomic E-state index is 0.0441. The second-order valence-corrected chi connectivity index (χ2v) is 5.46. The number of carbonyl (C=O) groups is 1. The molecular weight excluding hydrogens is 274 g/mol. The van der Waals surface area contributed by atoms with Crippen molar-refractivity contribution in [2.75, 3.05) is 6.54 Å². The Hall–Kier alpha value is -2.49. The lowest BCUT2D eigenvalue weighted by molar-refractivity contribution is -0.126. The molecule has 4 nitrogen and oxygen atoms in total. The summed E-state index contributed by atoms with van der Waals surface area (Å²) in [5, 5.41) is 0.